The Labute approximate surface area is 99.7 Å². The number of rotatable bonds is 3. The SMILES string of the molecule is CCCc1n[nH]c(=S)n1C1CCCSC1. The molecular formula is C10H17N3S2. The van der Waals surface area contributed by atoms with E-state index in [0.717, 1.165) is 23.4 Å². The third kappa shape index (κ3) is 2.45. The summed E-state index contributed by atoms with van der Waals surface area (Å²) in [5, 5.41) is 7.24. The summed E-state index contributed by atoms with van der Waals surface area (Å²) in [5.74, 6) is 3.62. The summed E-state index contributed by atoms with van der Waals surface area (Å²) >= 11 is 7.33. The Balaban J connectivity index is 2.24. The van der Waals surface area contributed by atoms with Crippen LogP contribution in [0.1, 0.15) is 38.1 Å². The lowest BCUT2D eigenvalue weighted by Crippen LogP contribution is -2.18. The molecule has 1 aromatic heterocycles. The monoisotopic (exact) mass is 243 g/mol. The van der Waals surface area contributed by atoms with Gasteiger partial charge in [-0.05, 0) is 37.2 Å². The number of aryl methyl sites for hydroxylation is 1. The molecule has 15 heavy (non-hydrogen) atoms. The highest BCUT2D eigenvalue weighted by atomic mass is 32.2. The Morgan fingerprint density at radius 1 is 1.67 bits per heavy atom. The molecule has 1 atom stereocenters. The minimum absolute atomic E-state index is 0.566. The predicted octanol–water partition coefficient (Wildman–Crippen LogP) is 2.96. The maximum absolute atomic E-state index is 5.30. The molecule has 0 bridgehead atoms. The van der Waals surface area contributed by atoms with Gasteiger partial charge in [0.2, 0.25) is 0 Å². The number of hydrogen-bond donors (Lipinski definition) is 1. The smallest absolute Gasteiger partial charge is 0.195 e. The molecule has 0 spiro atoms. The molecule has 84 valence electrons. The summed E-state index contributed by atoms with van der Waals surface area (Å²) in [5.41, 5.74) is 0. The van der Waals surface area contributed by atoms with E-state index in [4.69, 9.17) is 12.2 Å². The molecule has 1 N–H and O–H groups in total. The summed E-state index contributed by atoms with van der Waals surface area (Å²) in [6, 6.07) is 0.566. The van der Waals surface area contributed by atoms with Gasteiger partial charge in [-0.2, -0.15) is 16.9 Å². The van der Waals surface area contributed by atoms with Crippen molar-refractivity contribution in [3.63, 3.8) is 0 Å². The number of hydrogen-bond acceptors (Lipinski definition) is 3. The molecule has 0 radical (unpaired) electrons. The Hall–Kier alpha value is -0.290. The zero-order chi connectivity index (χ0) is 10.7. The van der Waals surface area contributed by atoms with Crippen LogP contribution in [0.5, 0.6) is 0 Å². The van der Waals surface area contributed by atoms with Gasteiger partial charge in [-0.25, -0.2) is 0 Å². The lowest BCUT2D eigenvalue weighted by Gasteiger charge is -2.23. The van der Waals surface area contributed by atoms with Crippen LogP contribution in [0, 0.1) is 4.77 Å². The van der Waals surface area contributed by atoms with Crippen molar-refractivity contribution in [3.05, 3.63) is 10.6 Å². The van der Waals surface area contributed by atoms with Crippen LogP contribution in [0.2, 0.25) is 0 Å². The highest BCUT2D eigenvalue weighted by molar-refractivity contribution is 7.99. The molecule has 0 aromatic carbocycles. The molecule has 1 aromatic rings. The molecule has 1 aliphatic rings. The summed E-state index contributed by atoms with van der Waals surface area (Å²) in [6.07, 6.45) is 4.69. The van der Waals surface area contributed by atoms with Crippen LogP contribution in [0.3, 0.4) is 0 Å². The quantitative estimate of drug-likeness (QED) is 0.829. The summed E-state index contributed by atoms with van der Waals surface area (Å²) < 4.78 is 3.04. The van der Waals surface area contributed by atoms with Gasteiger partial charge in [-0.3, -0.25) is 5.10 Å². The molecular weight excluding hydrogens is 226 g/mol. The van der Waals surface area contributed by atoms with Crippen LogP contribution < -0.4 is 0 Å². The van der Waals surface area contributed by atoms with Crippen LogP contribution in [-0.4, -0.2) is 26.3 Å². The van der Waals surface area contributed by atoms with Gasteiger partial charge in [0.1, 0.15) is 5.82 Å². The molecule has 1 fully saturated rings. The summed E-state index contributed by atoms with van der Waals surface area (Å²) in [7, 11) is 0. The van der Waals surface area contributed by atoms with Crippen molar-refractivity contribution in [1.82, 2.24) is 14.8 Å². The van der Waals surface area contributed by atoms with Crippen molar-refractivity contribution in [2.75, 3.05) is 11.5 Å². The van der Waals surface area contributed by atoms with Gasteiger partial charge in [0.15, 0.2) is 4.77 Å². The average molecular weight is 243 g/mol. The first kappa shape index (κ1) is 11.2. The lowest BCUT2D eigenvalue weighted by molar-refractivity contribution is 0.475. The first-order valence-electron chi connectivity index (χ1n) is 5.56. The van der Waals surface area contributed by atoms with Crippen LogP contribution in [0.15, 0.2) is 0 Å². The Bertz CT molecular complexity index is 363. The standard InChI is InChI=1S/C10H17N3S2/c1-2-4-9-11-12-10(14)13(9)8-5-3-6-15-7-8/h8H,2-7H2,1H3,(H,12,14). The molecule has 1 unspecified atom stereocenters. The highest BCUT2D eigenvalue weighted by Gasteiger charge is 2.19. The van der Waals surface area contributed by atoms with Gasteiger partial charge in [-0.15, -0.1) is 0 Å². The zero-order valence-electron chi connectivity index (χ0n) is 9.03. The van der Waals surface area contributed by atoms with Gasteiger partial charge in [0.25, 0.3) is 0 Å². The number of aromatic nitrogens is 3. The van der Waals surface area contributed by atoms with Gasteiger partial charge in [0, 0.05) is 18.2 Å². The fraction of sp³-hybridized carbons (Fsp3) is 0.800. The summed E-state index contributed by atoms with van der Waals surface area (Å²) in [4.78, 5) is 0. The number of nitrogens with one attached hydrogen (secondary N) is 1. The Kier molecular flexibility index (Phi) is 3.86. The van der Waals surface area contributed by atoms with E-state index in [9.17, 15) is 0 Å². The first-order chi connectivity index (χ1) is 7.33. The molecule has 1 aliphatic heterocycles. The number of nitrogens with zero attached hydrogens (tertiary/aromatic N) is 2. The van der Waals surface area contributed by atoms with E-state index in [1.54, 1.807) is 0 Å². The molecule has 0 aliphatic carbocycles. The maximum Gasteiger partial charge on any atom is 0.195 e. The van der Waals surface area contributed by atoms with Crippen molar-refractivity contribution in [2.24, 2.45) is 0 Å². The third-order valence-corrected chi connectivity index (χ3v) is 4.24. The van der Waals surface area contributed by atoms with E-state index in [-0.39, 0.29) is 0 Å². The molecule has 3 nitrogen and oxygen atoms in total. The molecule has 0 amide bonds. The molecule has 5 heteroatoms. The molecule has 2 rings (SSSR count). The maximum atomic E-state index is 5.30. The fourth-order valence-electron chi connectivity index (χ4n) is 2.04. The highest BCUT2D eigenvalue weighted by Crippen LogP contribution is 2.27. The van der Waals surface area contributed by atoms with Gasteiger partial charge in [-0.1, -0.05) is 6.92 Å². The largest absolute Gasteiger partial charge is 0.300 e. The minimum Gasteiger partial charge on any atom is -0.300 e. The Morgan fingerprint density at radius 3 is 3.20 bits per heavy atom. The van der Waals surface area contributed by atoms with Crippen LogP contribution in [0.4, 0.5) is 0 Å². The molecule has 0 saturated carbocycles. The van der Waals surface area contributed by atoms with Crippen molar-refractivity contribution in [3.8, 4) is 0 Å². The van der Waals surface area contributed by atoms with Crippen LogP contribution >= 0.6 is 24.0 Å². The lowest BCUT2D eigenvalue weighted by atomic mass is 10.2. The second-order valence-corrected chi connectivity index (χ2v) is 5.47. The van der Waals surface area contributed by atoms with Gasteiger partial charge >= 0.3 is 0 Å². The van der Waals surface area contributed by atoms with E-state index in [2.05, 4.69) is 21.7 Å². The fourth-order valence-corrected chi connectivity index (χ4v) is 3.47. The normalized spacial score (nSPS) is 21.8. The van der Waals surface area contributed by atoms with Crippen molar-refractivity contribution >= 4 is 24.0 Å². The van der Waals surface area contributed by atoms with Gasteiger partial charge < -0.3 is 4.57 Å². The second-order valence-electron chi connectivity index (χ2n) is 3.94. The van der Waals surface area contributed by atoms with Crippen molar-refractivity contribution in [1.29, 1.82) is 0 Å². The average Bonchev–Trinajstić information content (AvgIpc) is 2.62. The topological polar surface area (TPSA) is 33.6 Å². The number of aromatic amines is 1. The van der Waals surface area contributed by atoms with E-state index in [1.165, 1.54) is 24.3 Å². The number of thioether (sulfide) groups is 1. The first-order valence-corrected chi connectivity index (χ1v) is 7.12. The minimum atomic E-state index is 0.566. The van der Waals surface area contributed by atoms with Crippen LogP contribution in [0.25, 0.3) is 0 Å². The second kappa shape index (κ2) is 5.16. The van der Waals surface area contributed by atoms with Crippen LogP contribution in [-0.2, 0) is 6.42 Å². The molecule has 2 heterocycles. The van der Waals surface area contributed by atoms with Crippen molar-refractivity contribution < 1.29 is 0 Å². The van der Waals surface area contributed by atoms with E-state index < -0.39 is 0 Å². The third-order valence-electron chi connectivity index (χ3n) is 2.75. The predicted molar refractivity (Wildman–Crippen MR) is 67.0 cm³/mol. The van der Waals surface area contributed by atoms with Crippen molar-refractivity contribution in [2.45, 2.75) is 38.6 Å². The van der Waals surface area contributed by atoms with E-state index in [1.807, 2.05) is 11.8 Å². The Morgan fingerprint density at radius 2 is 2.53 bits per heavy atom. The number of H-pyrrole nitrogens is 1. The summed E-state index contributed by atoms with van der Waals surface area (Å²) in [6.45, 7) is 2.18. The molecule has 1 saturated heterocycles. The van der Waals surface area contributed by atoms with Gasteiger partial charge in [0.05, 0.1) is 0 Å². The van der Waals surface area contributed by atoms with E-state index >= 15 is 0 Å². The zero-order valence-corrected chi connectivity index (χ0v) is 10.7. The van der Waals surface area contributed by atoms with E-state index in [0.29, 0.717) is 6.04 Å².